The molecule has 0 aliphatic carbocycles. The summed E-state index contributed by atoms with van der Waals surface area (Å²) in [5, 5.41) is 6.31. The van der Waals surface area contributed by atoms with Crippen LogP contribution in [-0.4, -0.2) is 62.2 Å². The number of nitrogens with zero attached hydrogens (tertiary/aromatic N) is 2. The second-order valence-electron chi connectivity index (χ2n) is 7.14. The topological polar surface area (TPSA) is 83.1 Å². The van der Waals surface area contributed by atoms with Crippen LogP contribution in [0.3, 0.4) is 0 Å². The summed E-state index contributed by atoms with van der Waals surface area (Å²) in [4.78, 5) is 28.0. The van der Waals surface area contributed by atoms with Crippen LogP contribution in [0.25, 0.3) is 0 Å². The molecular weight excluding hydrogens is 452 g/mol. The fourth-order valence-corrected chi connectivity index (χ4v) is 3.93. The Balaban J connectivity index is 1.60. The van der Waals surface area contributed by atoms with E-state index in [2.05, 4.69) is 15.5 Å². The molecule has 1 aliphatic heterocycles. The highest BCUT2D eigenvalue weighted by Gasteiger charge is 2.20. The number of thiocarbonyl (C=S) groups is 1. The monoisotopic (exact) mass is 476 g/mol. The summed E-state index contributed by atoms with van der Waals surface area (Å²) in [6, 6.07) is 10.3. The van der Waals surface area contributed by atoms with E-state index in [1.54, 1.807) is 31.2 Å². The highest BCUT2D eigenvalue weighted by atomic mass is 35.5. The molecule has 170 valence electrons. The molecule has 0 atom stereocenters. The Morgan fingerprint density at radius 3 is 2.28 bits per heavy atom. The first-order valence-corrected chi connectivity index (χ1v) is 10.8. The van der Waals surface area contributed by atoms with Gasteiger partial charge in [0.25, 0.3) is 5.91 Å². The minimum Gasteiger partial charge on any atom is -0.493 e. The van der Waals surface area contributed by atoms with Crippen LogP contribution in [0.1, 0.15) is 17.3 Å². The third-order valence-electron chi connectivity index (χ3n) is 5.14. The highest BCUT2D eigenvalue weighted by molar-refractivity contribution is 7.80. The number of carbonyl (C=O) groups is 2. The van der Waals surface area contributed by atoms with Crippen LogP contribution >= 0.6 is 23.8 Å². The maximum Gasteiger partial charge on any atom is 0.257 e. The summed E-state index contributed by atoms with van der Waals surface area (Å²) in [7, 11) is 3.03. The van der Waals surface area contributed by atoms with E-state index in [1.165, 1.54) is 14.2 Å². The van der Waals surface area contributed by atoms with Gasteiger partial charge in [0.2, 0.25) is 5.91 Å². The van der Waals surface area contributed by atoms with Crippen molar-refractivity contribution in [1.29, 1.82) is 0 Å². The lowest BCUT2D eigenvalue weighted by atomic mass is 10.2. The number of piperazine rings is 1. The fraction of sp³-hybridized carbons (Fsp3) is 0.318. The van der Waals surface area contributed by atoms with Crippen molar-refractivity contribution in [1.82, 2.24) is 10.2 Å². The maximum atomic E-state index is 12.5. The van der Waals surface area contributed by atoms with Gasteiger partial charge in [0.05, 0.1) is 24.9 Å². The van der Waals surface area contributed by atoms with E-state index in [4.69, 9.17) is 33.3 Å². The number of hydrogen-bond acceptors (Lipinski definition) is 6. The number of carbonyl (C=O) groups excluding carboxylic acids is 2. The lowest BCUT2D eigenvalue weighted by Gasteiger charge is -2.36. The molecule has 3 rings (SSSR count). The van der Waals surface area contributed by atoms with Crippen LogP contribution < -0.4 is 25.0 Å². The normalized spacial score (nSPS) is 13.4. The van der Waals surface area contributed by atoms with Crippen LogP contribution in [0.2, 0.25) is 5.02 Å². The molecule has 0 aromatic heterocycles. The third-order valence-corrected chi connectivity index (χ3v) is 5.65. The molecule has 32 heavy (non-hydrogen) atoms. The average Bonchev–Trinajstić information content (AvgIpc) is 2.78. The van der Waals surface area contributed by atoms with Gasteiger partial charge in [-0.1, -0.05) is 11.6 Å². The molecular formula is C22H25ClN4O4S. The first kappa shape index (κ1) is 23.6. The molecule has 2 aromatic carbocycles. The Morgan fingerprint density at radius 1 is 1.00 bits per heavy atom. The largest absolute Gasteiger partial charge is 0.493 e. The summed E-state index contributed by atoms with van der Waals surface area (Å²) in [6.07, 6.45) is 0. The number of nitrogens with one attached hydrogen (secondary N) is 2. The van der Waals surface area contributed by atoms with Crippen LogP contribution in [-0.2, 0) is 4.79 Å². The number of benzene rings is 2. The number of methoxy groups -OCH3 is 2. The number of anilines is 2. The number of ether oxygens (including phenoxy) is 2. The summed E-state index contributed by atoms with van der Waals surface area (Å²) < 4.78 is 10.4. The van der Waals surface area contributed by atoms with E-state index in [0.29, 0.717) is 54.0 Å². The molecule has 2 aromatic rings. The Bertz CT molecular complexity index is 1020. The zero-order valence-electron chi connectivity index (χ0n) is 18.1. The van der Waals surface area contributed by atoms with Gasteiger partial charge < -0.3 is 24.6 Å². The van der Waals surface area contributed by atoms with Crippen molar-refractivity contribution in [2.45, 2.75) is 6.92 Å². The Labute approximate surface area is 197 Å². The van der Waals surface area contributed by atoms with E-state index >= 15 is 0 Å². The number of amides is 2. The van der Waals surface area contributed by atoms with E-state index in [1.807, 2.05) is 17.0 Å². The molecule has 0 saturated carbocycles. The number of hydrogen-bond donors (Lipinski definition) is 2. The Hall–Kier alpha value is -3.04. The smallest absolute Gasteiger partial charge is 0.257 e. The maximum absolute atomic E-state index is 12.5. The summed E-state index contributed by atoms with van der Waals surface area (Å²) >= 11 is 11.8. The zero-order valence-corrected chi connectivity index (χ0v) is 19.7. The molecule has 0 spiro atoms. The van der Waals surface area contributed by atoms with Gasteiger partial charge in [-0.15, -0.1) is 0 Å². The second kappa shape index (κ2) is 10.5. The molecule has 2 N–H and O–H groups in total. The highest BCUT2D eigenvalue weighted by Crippen LogP contribution is 2.30. The van der Waals surface area contributed by atoms with Gasteiger partial charge >= 0.3 is 0 Å². The molecule has 1 aliphatic rings. The average molecular weight is 477 g/mol. The third kappa shape index (κ3) is 5.60. The van der Waals surface area contributed by atoms with Crippen LogP contribution in [0.4, 0.5) is 11.4 Å². The van der Waals surface area contributed by atoms with Gasteiger partial charge in [-0.3, -0.25) is 14.9 Å². The predicted octanol–water partition coefficient (Wildman–Crippen LogP) is 3.15. The van der Waals surface area contributed by atoms with Crippen molar-refractivity contribution in [3.8, 4) is 11.5 Å². The van der Waals surface area contributed by atoms with Crippen LogP contribution in [0.15, 0.2) is 36.4 Å². The number of halogens is 1. The number of rotatable bonds is 5. The van der Waals surface area contributed by atoms with Crippen molar-refractivity contribution >= 4 is 52.1 Å². The molecule has 8 nitrogen and oxygen atoms in total. The fourth-order valence-electron chi connectivity index (χ4n) is 3.42. The minimum atomic E-state index is -0.380. The summed E-state index contributed by atoms with van der Waals surface area (Å²) in [5.41, 5.74) is 1.92. The predicted molar refractivity (Wildman–Crippen MR) is 129 cm³/mol. The summed E-state index contributed by atoms with van der Waals surface area (Å²) in [6.45, 7) is 4.34. The SMILES string of the molecule is COc1ccc(C(=O)NC(=S)Nc2ccc(N3CCN(C(C)=O)CC3)c(Cl)c2)cc1OC. The minimum absolute atomic E-state index is 0.0824. The molecule has 0 unspecified atom stereocenters. The molecule has 10 heteroatoms. The van der Waals surface area contributed by atoms with Crippen molar-refractivity contribution in [3.05, 3.63) is 47.0 Å². The molecule has 2 amide bonds. The van der Waals surface area contributed by atoms with Crippen LogP contribution in [0, 0.1) is 0 Å². The van der Waals surface area contributed by atoms with Crippen molar-refractivity contribution in [3.63, 3.8) is 0 Å². The molecule has 0 bridgehead atoms. The van der Waals surface area contributed by atoms with Gasteiger partial charge in [-0.2, -0.15) is 0 Å². The zero-order chi connectivity index (χ0) is 23.3. The van der Waals surface area contributed by atoms with Crippen molar-refractivity contribution in [2.75, 3.05) is 50.6 Å². The Morgan fingerprint density at radius 2 is 1.69 bits per heavy atom. The van der Waals surface area contributed by atoms with Crippen molar-refractivity contribution < 1.29 is 19.1 Å². The quantitative estimate of drug-likeness (QED) is 0.641. The van der Waals surface area contributed by atoms with E-state index < -0.39 is 0 Å². The first-order chi connectivity index (χ1) is 15.3. The lowest BCUT2D eigenvalue weighted by molar-refractivity contribution is -0.129. The van der Waals surface area contributed by atoms with Crippen LogP contribution in [0.5, 0.6) is 11.5 Å². The van der Waals surface area contributed by atoms with E-state index in [-0.39, 0.29) is 16.9 Å². The van der Waals surface area contributed by atoms with E-state index in [0.717, 1.165) is 5.69 Å². The lowest BCUT2D eigenvalue weighted by Crippen LogP contribution is -2.48. The molecule has 1 saturated heterocycles. The van der Waals surface area contributed by atoms with Gasteiger partial charge in [0, 0.05) is 44.4 Å². The van der Waals surface area contributed by atoms with Gasteiger partial charge in [-0.05, 0) is 48.6 Å². The second-order valence-corrected chi connectivity index (χ2v) is 7.95. The van der Waals surface area contributed by atoms with Gasteiger partial charge in [0.15, 0.2) is 16.6 Å². The standard InChI is InChI=1S/C22H25ClN4O4S/c1-14(28)26-8-10-27(11-9-26)18-6-5-16(13-17(18)23)24-22(32)25-21(29)15-4-7-19(30-2)20(12-15)31-3/h4-7,12-13H,8-11H2,1-3H3,(H2,24,25,29,32). The van der Waals surface area contributed by atoms with Crippen molar-refractivity contribution in [2.24, 2.45) is 0 Å². The van der Waals surface area contributed by atoms with E-state index in [9.17, 15) is 9.59 Å². The molecule has 1 heterocycles. The molecule has 1 fully saturated rings. The van der Waals surface area contributed by atoms with Gasteiger partial charge in [0.1, 0.15) is 0 Å². The van der Waals surface area contributed by atoms with Gasteiger partial charge in [-0.25, -0.2) is 0 Å². The molecule has 0 radical (unpaired) electrons. The summed E-state index contributed by atoms with van der Waals surface area (Å²) in [5.74, 6) is 0.682. The Kier molecular flexibility index (Phi) is 7.76. The first-order valence-electron chi connectivity index (χ1n) is 9.96.